The van der Waals surface area contributed by atoms with Crippen molar-refractivity contribution in [1.29, 1.82) is 0 Å². The van der Waals surface area contributed by atoms with Crippen molar-refractivity contribution in [1.82, 2.24) is 20.2 Å². The summed E-state index contributed by atoms with van der Waals surface area (Å²) in [6, 6.07) is 6.38. The van der Waals surface area contributed by atoms with Crippen molar-refractivity contribution in [2.45, 2.75) is 90.0 Å². The number of halogens is 1. The Morgan fingerprint density at radius 2 is 1.87 bits per heavy atom. The number of fused-ring (bicyclic) bond motifs is 1. The number of hydrogen-bond donors (Lipinski definition) is 3. The summed E-state index contributed by atoms with van der Waals surface area (Å²) in [5.41, 5.74) is -2.38. The molecule has 1 saturated heterocycles. The largest absolute Gasteiger partial charge is 0.462 e. The van der Waals surface area contributed by atoms with Gasteiger partial charge in [-0.2, -0.15) is 10.1 Å². The lowest BCUT2D eigenvalue weighted by molar-refractivity contribution is -0.149. The van der Waals surface area contributed by atoms with Crippen LogP contribution in [0.4, 0.5) is 4.39 Å². The molecule has 0 saturated carbocycles. The molecule has 1 fully saturated rings. The molecule has 0 radical (unpaired) electrons. The predicted molar refractivity (Wildman–Crippen MR) is 168 cm³/mol. The van der Waals surface area contributed by atoms with Crippen LogP contribution in [0.2, 0.25) is 0 Å². The zero-order valence-corrected chi connectivity index (χ0v) is 28.1. The fourth-order valence-electron chi connectivity index (χ4n) is 4.88. The van der Waals surface area contributed by atoms with Crippen molar-refractivity contribution < 1.29 is 42.2 Å². The topological polar surface area (TPSA) is 176 Å². The van der Waals surface area contributed by atoms with Gasteiger partial charge in [0.1, 0.15) is 35.9 Å². The molecule has 1 aromatic carbocycles. The molecule has 8 atom stereocenters. The summed E-state index contributed by atoms with van der Waals surface area (Å²) in [6.07, 6.45) is -4.38. The van der Waals surface area contributed by atoms with Crippen LogP contribution in [0.25, 0.3) is 0 Å². The van der Waals surface area contributed by atoms with Crippen LogP contribution < -0.4 is 14.9 Å². The number of carbonyl (C=O) groups excluding carboxylic acids is 2. The van der Waals surface area contributed by atoms with Gasteiger partial charge in [-0.25, -0.2) is 13.9 Å². The average molecular weight is 668 g/mol. The standard InChI is InChI=1S/C29H43FN7O8P/c1-16(2)25(39)34-28-32-23(36(7)8)21-24(33-28)37(15-31-21)27-29(6,30)22(38)20(44-27)14-42-46(41,45-19-12-10-9-11-13-19)35-18(5)26(40)43-17(3)4/h9-13,15-18,20-22,24,27,38H,14H2,1-8H3,(H,35,41)(H,33,34,39)/t18-,20+,21?,22+,24?,27+,29+,46-/m0/s1. The van der Waals surface area contributed by atoms with E-state index in [0.29, 0.717) is 5.84 Å². The van der Waals surface area contributed by atoms with Gasteiger partial charge in [0.25, 0.3) is 0 Å². The molecular weight excluding hydrogens is 624 g/mol. The van der Waals surface area contributed by atoms with Crippen LogP contribution in [0.15, 0.2) is 45.3 Å². The van der Waals surface area contributed by atoms with E-state index in [-0.39, 0.29) is 23.5 Å². The number of rotatable bonds is 11. The van der Waals surface area contributed by atoms with E-state index in [4.69, 9.17) is 18.5 Å². The minimum absolute atomic E-state index is 0.0355. The molecule has 2 unspecified atom stereocenters. The lowest BCUT2D eigenvalue weighted by Gasteiger charge is -2.36. The van der Waals surface area contributed by atoms with Crippen molar-refractivity contribution >= 4 is 37.8 Å². The number of guanidine groups is 1. The van der Waals surface area contributed by atoms with Crippen molar-refractivity contribution in [2.24, 2.45) is 20.9 Å². The molecule has 3 aliphatic rings. The number of esters is 1. The highest BCUT2D eigenvalue weighted by molar-refractivity contribution is 7.52. The number of alkyl halides is 1. The van der Waals surface area contributed by atoms with Crippen LogP contribution in [-0.2, 0) is 28.2 Å². The Balaban J connectivity index is 1.54. The lowest BCUT2D eigenvalue weighted by Crippen LogP contribution is -2.56. The number of nitrogens with one attached hydrogen (secondary N) is 2. The number of likely N-dealkylation sites (N-methyl/N-ethyl adjacent to an activating group) is 1. The highest BCUT2D eigenvalue weighted by Crippen LogP contribution is 2.47. The quantitative estimate of drug-likeness (QED) is 0.233. The Morgan fingerprint density at radius 3 is 2.48 bits per heavy atom. The van der Waals surface area contributed by atoms with Gasteiger partial charge in [0.05, 0.1) is 19.0 Å². The van der Waals surface area contributed by atoms with E-state index in [2.05, 4.69) is 25.4 Å². The monoisotopic (exact) mass is 667 g/mol. The molecule has 15 nitrogen and oxygen atoms in total. The van der Waals surface area contributed by atoms with E-state index >= 15 is 4.39 Å². The molecule has 17 heteroatoms. The minimum Gasteiger partial charge on any atom is -0.462 e. The van der Waals surface area contributed by atoms with Crippen molar-refractivity contribution in [3.05, 3.63) is 30.3 Å². The van der Waals surface area contributed by atoms with Crippen molar-refractivity contribution in [3.63, 3.8) is 0 Å². The molecule has 3 aliphatic heterocycles. The SMILES string of the molecule is CC(C)OC(=O)[C@H](C)N[P@](=O)(OC[C@H]1O[C@@H](N2C=NC3C(N(C)C)=NC(NC(=O)C(C)C)=NC32)[C@](C)(F)[C@@H]1O)Oc1ccccc1. The second-order valence-electron chi connectivity index (χ2n) is 12.2. The fourth-order valence-corrected chi connectivity index (χ4v) is 6.38. The second kappa shape index (κ2) is 14.1. The molecule has 3 heterocycles. The van der Waals surface area contributed by atoms with Gasteiger partial charge in [0.15, 0.2) is 18.1 Å². The molecule has 46 heavy (non-hydrogen) atoms. The Hall–Kier alpha value is -3.43. The summed E-state index contributed by atoms with van der Waals surface area (Å²) in [5, 5.41) is 16.3. The molecule has 3 N–H and O–H groups in total. The highest BCUT2D eigenvalue weighted by atomic mass is 31.2. The summed E-state index contributed by atoms with van der Waals surface area (Å²) in [7, 11) is -0.799. The number of amidine groups is 1. The normalized spacial score (nSPS) is 29.1. The summed E-state index contributed by atoms with van der Waals surface area (Å²) >= 11 is 0. The van der Waals surface area contributed by atoms with Gasteiger partial charge in [0, 0.05) is 20.0 Å². The maximum Gasteiger partial charge on any atom is 0.459 e. The maximum absolute atomic E-state index is 16.3. The van der Waals surface area contributed by atoms with E-state index in [1.807, 2.05) is 0 Å². The van der Waals surface area contributed by atoms with Gasteiger partial charge < -0.3 is 28.9 Å². The van der Waals surface area contributed by atoms with Gasteiger partial charge in [-0.15, -0.1) is 0 Å². The van der Waals surface area contributed by atoms with Crippen LogP contribution in [0.3, 0.4) is 0 Å². The third kappa shape index (κ3) is 7.92. The third-order valence-electron chi connectivity index (χ3n) is 7.33. The number of benzene rings is 1. The first-order chi connectivity index (χ1) is 21.5. The van der Waals surface area contributed by atoms with Crippen LogP contribution in [0.5, 0.6) is 5.75 Å². The lowest BCUT2D eigenvalue weighted by atomic mass is 9.97. The summed E-state index contributed by atoms with van der Waals surface area (Å²) in [5.74, 6) is -0.633. The smallest absolute Gasteiger partial charge is 0.459 e. The van der Waals surface area contributed by atoms with E-state index in [1.54, 1.807) is 77.0 Å². The van der Waals surface area contributed by atoms with Crippen LogP contribution in [0, 0.1) is 5.92 Å². The number of amides is 1. The number of carbonyl (C=O) groups is 2. The molecule has 4 rings (SSSR count). The van der Waals surface area contributed by atoms with Gasteiger partial charge >= 0.3 is 13.7 Å². The molecule has 1 aromatic rings. The molecule has 0 spiro atoms. The predicted octanol–water partition coefficient (Wildman–Crippen LogP) is 2.07. The van der Waals surface area contributed by atoms with Gasteiger partial charge in [0.2, 0.25) is 11.9 Å². The van der Waals surface area contributed by atoms with E-state index < -0.39 is 68.8 Å². The minimum atomic E-state index is -4.32. The number of hydrogen-bond acceptors (Lipinski definition) is 13. The van der Waals surface area contributed by atoms with E-state index in [0.717, 1.165) is 0 Å². The first kappa shape index (κ1) is 35.4. The van der Waals surface area contributed by atoms with Crippen molar-refractivity contribution in [2.75, 3.05) is 20.7 Å². The zero-order chi connectivity index (χ0) is 34.0. The number of aliphatic hydroxyl groups excluding tert-OH is 1. The molecule has 254 valence electrons. The number of para-hydroxylation sites is 1. The number of nitrogens with zero attached hydrogens (tertiary/aromatic N) is 5. The van der Waals surface area contributed by atoms with E-state index in [1.165, 1.54) is 25.1 Å². The molecule has 1 amide bonds. The van der Waals surface area contributed by atoms with Crippen LogP contribution in [0.1, 0.15) is 41.5 Å². The maximum atomic E-state index is 16.3. The van der Waals surface area contributed by atoms with Gasteiger partial charge in [-0.3, -0.25) is 24.4 Å². The molecule has 0 bridgehead atoms. The third-order valence-corrected chi connectivity index (χ3v) is 8.97. The molecule has 0 aliphatic carbocycles. The second-order valence-corrected chi connectivity index (χ2v) is 13.9. The van der Waals surface area contributed by atoms with Crippen LogP contribution >= 0.6 is 7.75 Å². The summed E-state index contributed by atoms with van der Waals surface area (Å²) in [6.45, 7) is 8.82. The Morgan fingerprint density at radius 1 is 1.20 bits per heavy atom. The number of aliphatic imine (C=N–C) groups is 3. The fraction of sp³-hybridized carbons (Fsp3) is 0.621. The zero-order valence-electron chi connectivity index (χ0n) is 27.2. The Bertz CT molecular complexity index is 1410. The first-order valence-corrected chi connectivity index (χ1v) is 16.5. The Labute approximate surface area is 267 Å². The molecular formula is C29H43FN7O8P. The highest BCUT2D eigenvalue weighted by Gasteiger charge is 2.59. The van der Waals surface area contributed by atoms with Gasteiger partial charge in [-0.1, -0.05) is 32.0 Å². The van der Waals surface area contributed by atoms with Crippen molar-refractivity contribution in [3.8, 4) is 5.75 Å². The summed E-state index contributed by atoms with van der Waals surface area (Å²) < 4.78 is 52.8. The average Bonchev–Trinajstić information content (AvgIpc) is 3.48. The first-order valence-electron chi connectivity index (χ1n) is 15.0. The van der Waals surface area contributed by atoms with Crippen LogP contribution in [-0.4, -0.2) is 114 Å². The summed E-state index contributed by atoms with van der Waals surface area (Å²) in [4.78, 5) is 41.5. The number of aliphatic hydroxyl groups is 1. The number of ether oxygens (including phenoxy) is 2. The molecule has 0 aromatic heterocycles. The Kier molecular flexibility index (Phi) is 10.9. The van der Waals surface area contributed by atoms with E-state index in [9.17, 15) is 19.3 Å². The van der Waals surface area contributed by atoms with Gasteiger partial charge in [-0.05, 0) is 39.8 Å².